The van der Waals surface area contributed by atoms with Gasteiger partial charge in [0.05, 0.1) is 0 Å². The lowest BCUT2D eigenvalue weighted by Crippen LogP contribution is -2.33. The molecular formula is C24H29N3O2. The van der Waals surface area contributed by atoms with Crippen molar-refractivity contribution in [2.45, 2.75) is 38.0 Å². The van der Waals surface area contributed by atoms with Crippen LogP contribution in [0.1, 0.15) is 43.6 Å². The van der Waals surface area contributed by atoms with Gasteiger partial charge in [-0.2, -0.15) is 0 Å². The van der Waals surface area contributed by atoms with Crippen molar-refractivity contribution in [3.8, 4) is 0 Å². The van der Waals surface area contributed by atoms with Crippen molar-refractivity contribution in [2.24, 2.45) is 0 Å². The number of nitrogens with zero attached hydrogens (tertiary/aromatic N) is 1. The molecule has 2 aliphatic heterocycles. The van der Waals surface area contributed by atoms with Gasteiger partial charge in [-0.15, -0.1) is 0 Å². The van der Waals surface area contributed by atoms with E-state index in [0.29, 0.717) is 12.7 Å². The van der Waals surface area contributed by atoms with Crippen LogP contribution in [-0.4, -0.2) is 36.8 Å². The van der Waals surface area contributed by atoms with Crippen molar-refractivity contribution >= 4 is 12.2 Å². The molecule has 0 amide bonds. The van der Waals surface area contributed by atoms with Crippen LogP contribution in [0.15, 0.2) is 53.4 Å². The Balaban J connectivity index is 1.38. The number of ether oxygens (including phenoxy) is 2. The average molecular weight is 392 g/mol. The summed E-state index contributed by atoms with van der Waals surface area (Å²) in [6.07, 6.45) is 20.8. The number of aromatic nitrogens is 1. The summed E-state index contributed by atoms with van der Waals surface area (Å²) in [5, 5.41) is 6.18. The lowest BCUT2D eigenvalue weighted by atomic mass is 9.90. The maximum Gasteiger partial charge on any atom is 0.231 e. The molecule has 1 aromatic heterocycles. The molecule has 0 aromatic carbocycles. The SMILES string of the molecule is CN1CCC(c2c[nH]c3c2=CCC=C(NC2=CCC/C=C4\OCOC4=C2)C=3)CC1. The molecule has 0 radical (unpaired) electrons. The predicted molar refractivity (Wildman–Crippen MR) is 115 cm³/mol. The molecule has 5 heteroatoms. The minimum absolute atomic E-state index is 0.306. The Morgan fingerprint density at radius 1 is 0.966 bits per heavy atom. The molecule has 1 aromatic rings. The molecule has 0 atom stereocenters. The highest BCUT2D eigenvalue weighted by Crippen LogP contribution is 2.26. The van der Waals surface area contributed by atoms with Crippen LogP contribution in [0, 0.1) is 0 Å². The van der Waals surface area contributed by atoms with Gasteiger partial charge in [-0.3, -0.25) is 0 Å². The smallest absolute Gasteiger partial charge is 0.231 e. The van der Waals surface area contributed by atoms with Gasteiger partial charge in [0.25, 0.3) is 0 Å². The molecule has 5 nitrogen and oxygen atoms in total. The molecule has 2 saturated heterocycles. The molecule has 5 rings (SSSR count). The Kier molecular flexibility index (Phi) is 5.06. The zero-order valence-electron chi connectivity index (χ0n) is 17.0. The summed E-state index contributed by atoms with van der Waals surface area (Å²) in [6, 6.07) is 0. The molecule has 2 aliphatic carbocycles. The summed E-state index contributed by atoms with van der Waals surface area (Å²) in [5.74, 6) is 2.33. The van der Waals surface area contributed by atoms with Gasteiger partial charge in [-0.1, -0.05) is 18.2 Å². The number of piperidine rings is 1. The third-order valence-corrected chi connectivity index (χ3v) is 6.21. The third-order valence-electron chi connectivity index (χ3n) is 6.21. The van der Waals surface area contributed by atoms with Gasteiger partial charge in [0.15, 0.2) is 11.5 Å². The number of nitrogens with one attached hydrogen (secondary N) is 2. The number of hydrogen-bond acceptors (Lipinski definition) is 4. The molecule has 4 aliphatic rings. The highest BCUT2D eigenvalue weighted by atomic mass is 16.7. The first-order valence-corrected chi connectivity index (χ1v) is 10.7. The number of hydrogen-bond donors (Lipinski definition) is 2. The zero-order valence-corrected chi connectivity index (χ0v) is 17.0. The Morgan fingerprint density at radius 3 is 2.66 bits per heavy atom. The first-order valence-electron chi connectivity index (χ1n) is 10.7. The van der Waals surface area contributed by atoms with E-state index in [9.17, 15) is 0 Å². The van der Waals surface area contributed by atoms with Gasteiger partial charge in [0, 0.05) is 29.0 Å². The highest BCUT2D eigenvalue weighted by Gasteiger charge is 2.21. The van der Waals surface area contributed by atoms with Gasteiger partial charge < -0.3 is 24.7 Å². The molecule has 2 N–H and O–H groups in total. The summed E-state index contributed by atoms with van der Waals surface area (Å²) in [5.41, 5.74) is 3.66. The van der Waals surface area contributed by atoms with Crippen LogP contribution in [0.4, 0.5) is 0 Å². The van der Waals surface area contributed by atoms with Crippen LogP contribution in [0.2, 0.25) is 0 Å². The number of allylic oxidation sites excluding steroid dienone is 5. The minimum Gasteiger partial charge on any atom is -0.454 e. The first kappa shape index (κ1) is 18.4. The van der Waals surface area contributed by atoms with E-state index >= 15 is 0 Å². The van der Waals surface area contributed by atoms with Crippen molar-refractivity contribution < 1.29 is 9.47 Å². The molecule has 0 unspecified atom stereocenters. The molecule has 2 fully saturated rings. The second-order valence-corrected chi connectivity index (χ2v) is 8.24. The quantitative estimate of drug-likeness (QED) is 0.832. The van der Waals surface area contributed by atoms with Crippen LogP contribution < -0.4 is 15.9 Å². The van der Waals surface area contributed by atoms with Crippen molar-refractivity contribution in [3.05, 3.63) is 69.5 Å². The molecule has 0 bridgehead atoms. The maximum absolute atomic E-state index is 5.62. The van der Waals surface area contributed by atoms with Crippen LogP contribution in [0.5, 0.6) is 0 Å². The number of H-pyrrole nitrogens is 1. The van der Waals surface area contributed by atoms with Crippen molar-refractivity contribution in [1.82, 2.24) is 15.2 Å². The second kappa shape index (κ2) is 7.99. The largest absolute Gasteiger partial charge is 0.454 e. The number of aromatic amines is 1. The summed E-state index contributed by atoms with van der Waals surface area (Å²) in [4.78, 5) is 5.96. The highest BCUT2D eigenvalue weighted by molar-refractivity contribution is 5.52. The van der Waals surface area contributed by atoms with Gasteiger partial charge in [0.1, 0.15) is 0 Å². The van der Waals surface area contributed by atoms with E-state index in [0.717, 1.165) is 42.2 Å². The standard InChI is InChI=1S/C24H29N3O2/c1-27-11-9-17(10-12-27)21-15-25-22-13-18(6-4-7-20(21)22)26-19-5-2-3-8-23-24(14-19)29-16-28-23/h5-8,13-15,17,25-26H,2-4,9-12,16H2,1H3/b19-5?,23-8-,24-14?. The molecule has 29 heavy (non-hydrogen) atoms. The maximum atomic E-state index is 5.62. The molecule has 152 valence electrons. The van der Waals surface area contributed by atoms with Gasteiger partial charge in [0.2, 0.25) is 6.79 Å². The van der Waals surface area contributed by atoms with E-state index in [2.05, 4.69) is 58.8 Å². The summed E-state index contributed by atoms with van der Waals surface area (Å²) < 4.78 is 11.2. The predicted octanol–water partition coefficient (Wildman–Crippen LogP) is 2.71. The Hall–Kier alpha value is -2.66. The van der Waals surface area contributed by atoms with Crippen molar-refractivity contribution in [3.63, 3.8) is 0 Å². The Labute approximate surface area is 171 Å². The Morgan fingerprint density at radius 2 is 1.76 bits per heavy atom. The fourth-order valence-electron chi connectivity index (χ4n) is 4.55. The fourth-order valence-corrected chi connectivity index (χ4v) is 4.55. The van der Waals surface area contributed by atoms with Crippen LogP contribution >= 0.6 is 0 Å². The van der Waals surface area contributed by atoms with Crippen LogP contribution in [-0.2, 0) is 9.47 Å². The lowest BCUT2D eigenvalue weighted by Gasteiger charge is -2.28. The van der Waals surface area contributed by atoms with Crippen LogP contribution in [0.25, 0.3) is 12.2 Å². The number of likely N-dealkylation sites (tertiary alicyclic amines) is 1. The van der Waals surface area contributed by atoms with E-state index < -0.39 is 0 Å². The van der Waals surface area contributed by atoms with E-state index in [1.807, 2.05) is 6.08 Å². The average Bonchev–Trinajstić information content (AvgIpc) is 3.25. The normalized spacial score (nSPS) is 24.3. The monoisotopic (exact) mass is 391 g/mol. The summed E-state index contributed by atoms with van der Waals surface area (Å²) >= 11 is 0. The number of fused-ring (bicyclic) bond motifs is 2. The molecule has 3 heterocycles. The van der Waals surface area contributed by atoms with E-state index in [4.69, 9.17) is 9.47 Å². The summed E-state index contributed by atoms with van der Waals surface area (Å²) in [7, 11) is 2.22. The summed E-state index contributed by atoms with van der Waals surface area (Å²) in [6.45, 7) is 2.68. The molecular weight excluding hydrogens is 362 g/mol. The third kappa shape index (κ3) is 3.92. The van der Waals surface area contributed by atoms with Gasteiger partial charge in [-0.25, -0.2) is 0 Å². The molecule has 0 saturated carbocycles. The first-order chi connectivity index (χ1) is 14.3. The fraction of sp³-hybridized carbons (Fsp3) is 0.417. The lowest BCUT2D eigenvalue weighted by molar-refractivity contribution is 0.0974. The van der Waals surface area contributed by atoms with Crippen molar-refractivity contribution in [2.75, 3.05) is 26.9 Å². The minimum atomic E-state index is 0.306. The van der Waals surface area contributed by atoms with E-state index in [-0.39, 0.29) is 0 Å². The van der Waals surface area contributed by atoms with Crippen LogP contribution in [0.3, 0.4) is 0 Å². The van der Waals surface area contributed by atoms with E-state index in [1.165, 1.54) is 42.1 Å². The zero-order chi connectivity index (χ0) is 19.6. The second-order valence-electron chi connectivity index (χ2n) is 8.24. The van der Waals surface area contributed by atoms with E-state index in [1.54, 1.807) is 0 Å². The molecule has 0 spiro atoms. The van der Waals surface area contributed by atoms with Gasteiger partial charge in [-0.05, 0) is 81.1 Å². The van der Waals surface area contributed by atoms with Crippen molar-refractivity contribution in [1.29, 1.82) is 0 Å². The Bertz CT molecular complexity index is 1020. The topological polar surface area (TPSA) is 49.5 Å². The van der Waals surface area contributed by atoms with Gasteiger partial charge >= 0.3 is 0 Å². The number of rotatable bonds is 3.